The van der Waals surface area contributed by atoms with Crippen molar-refractivity contribution >= 4 is 5.97 Å². The molecule has 0 saturated heterocycles. The highest BCUT2D eigenvalue weighted by molar-refractivity contribution is 5.66. The molecular formula is C19H17N3O3. The number of aromatic nitrogens is 3. The smallest absolute Gasteiger partial charge is 0.303 e. The van der Waals surface area contributed by atoms with Gasteiger partial charge >= 0.3 is 5.97 Å². The van der Waals surface area contributed by atoms with Crippen LogP contribution in [0.4, 0.5) is 0 Å². The van der Waals surface area contributed by atoms with E-state index >= 15 is 0 Å². The molecule has 2 heterocycles. The van der Waals surface area contributed by atoms with Gasteiger partial charge in [0, 0.05) is 36.0 Å². The van der Waals surface area contributed by atoms with E-state index in [1.807, 2.05) is 42.5 Å². The van der Waals surface area contributed by atoms with Gasteiger partial charge in [-0.25, -0.2) is 4.98 Å². The lowest BCUT2D eigenvalue weighted by Gasteiger charge is -2.09. The number of aliphatic carboxylic acids is 1. The van der Waals surface area contributed by atoms with Crippen molar-refractivity contribution in [2.45, 2.75) is 12.8 Å². The first kappa shape index (κ1) is 16.6. The maximum atomic E-state index is 10.6. The molecule has 2 aromatic heterocycles. The van der Waals surface area contributed by atoms with Crippen molar-refractivity contribution < 1.29 is 14.6 Å². The fourth-order valence-corrected chi connectivity index (χ4v) is 2.28. The van der Waals surface area contributed by atoms with E-state index in [4.69, 9.17) is 9.84 Å². The number of nitrogens with zero attached hydrogens (tertiary/aromatic N) is 3. The van der Waals surface area contributed by atoms with Gasteiger partial charge < -0.3 is 9.84 Å². The molecule has 0 bridgehead atoms. The Morgan fingerprint density at radius 2 is 1.84 bits per heavy atom. The van der Waals surface area contributed by atoms with Gasteiger partial charge in [-0.05, 0) is 18.6 Å². The van der Waals surface area contributed by atoms with Crippen molar-refractivity contribution in [1.82, 2.24) is 15.0 Å². The third-order valence-corrected chi connectivity index (χ3v) is 3.48. The van der Waals surface area contributed by atoms with E-state index in [0.29, 0.717) is 23.8 Å². The second-order valence-corrected chi connectivity index (χ2v) is 5.37. The molecular weight excluding hydrogens is 318 g/mol. The van der Waals surface area contributed by atoms with Gasteiger partial charge in [0.25, 0.3) is 0 Å². The van der Waals surface area contributed by atoms with E-state index in [0.717, 1.165) is 11.1 Å². The molecule has 0 amide bonds. The molecule has 6 nitrogen and oxygen atoms in total. The molecule has 0 spiro atoms. The molecule has 0 atom stereocenters. The third-order valence-electron chi connectivity index (χ3n) is 3.48. The summed E-state index contributed by atoms with van der Waals surface area (Å²) >= 11 is 0. The molecule has 0 saturated carbocycles. The fourth-order valence-electron chi connectivity index (χ4n) is 2.28. The highest BCUT2D eigenvalue weighted by Gasteiger charge is 2.10. The second kappa shape index (κ2) is 8.01. The summed E-state index contributed by atoms with van der Waals surface area (Å²) in [6.45, 7) is 0.282. The summed E-state index contributed by atoms with van der Waals surface area (Å²) in [5, 5.41) is 8.71. The molecule has 3 rings (SSSR count). The fraction of sp³-hybridized carbons (Fsp3) is 0.158. The van der Waals surface area contributed by atoms with Gasteiger partial charge in [0.1, 0.15) is 0 Å². The van der Waals surface area contributed by atoms with E-state index in [1.165, 1.54) is 0 Å². The van der Waals surface area contributed by atoms with Crippen LogP contribution in [0.25, 0.3) is 22.6 Å². The molecule has 1 N–H and O–H groups in total. The van der Waals surface area contributed by atoms with E-state index in [2.05, 4.69) is 15.0 Å². The first-order valence-corrected chi connectivity index (χ1v) is 7.92. The van der Waals surface area contributed by atoms with Gasteiger partial charge in [0.05, 0.1) is 12.3 Å². The SMILES string of the molecule is O=C(O)CCCOc1cc(-c2cccnc2)nc(-c2ccccc2)n1. The maximum absolute atomic E-state index is 10.6. The minimum Gasteiger partial charge on any atom is -0.481 e. The first-order chi connectivity index (χ1) is 12.2. The number of hydrogen-bond acceptors (Lipinski definition) is 5. The van der Waals surface area contributed by atoms with Crippen molar-refractivity contribution in [3.63, 3.8) is 0 Å². The monoisotopic (exact) mass is 335 g/mol. The number of rotatable bonds is 7. The molecule has 1 aromatic carbocycles. The number of benzene rings is 1. The quantitative estimate of drug-likeness (QED) is 0.666. The van der Waals surface area contributed by atoms with Gasteiger partial charge in [-0.15, -0.1) is 0 Å². The number of carboxylic acid groups (broad SMARTS) is 1. The predicted molar refractivity (Wildman–Crippen MR) is 93.1 cm³/mol. The Hall–Kier alpha value is -3.28. The Morgan fingerprint density at radius 1 is 1.04 bits per heavy atom. The molecule has 0 fully saturated rings. The molecule has 0 aliphatic rings. The van der Waals surface area contributed by atoms with Crippen LogP contribution in [0.1, 0.15) is 12.8 Å². The molecule has 0 unspecified atom stereocenters. The second-order valence-electron chi connectivity index (χ2n) is 5.37. The molecule has 0 radical (unpaired) electrons. The van der Waals surface area contributed by atoms with E-state index < -0.39 is 5.97 Å². The highest BCUT2D eigenvalue weighted by atomic mass is 16.5. The van der Waals surface area contributed by atoms with Crippen LogP contribution in [0.2, 0.25) is 0 Å². The predicted octanol–water partition coefficient (Wildman–Crippen LogP) is 3.45. The summed E-state index contributed by atoms with van der Waals surface area (Å²) in [7, 11) is 0. The lowest BCUT2D eigenvalue weighted by atomic mass is 10.1. The van der Waals surface area contributed by atoms with Gasteiger partial charge in [-0.1, -0.05) is 30.3 Å². The minimum atomic E-state index is -0.840. The van der Waals surface area contributed by atoms with Crippen LogP contribution in [0.3, 0.4) is 0 Å². The van der Waals surface area contributed by atoms with Gasteiger partial charge in [0.15, 0.2) is 5.82 Å². The minimum absolute atomic E-state index is 0.0616. The Bertz CT molecular complexity index is 781. The average Bonchev–Trinajstić information content (AvgIpc) is 2.66. The molecule has 0 aliphatic heterocycles. The summed E-state index contributed by atoms with van der Waals surface area (Å²) in [6.07, 6.45) is 3.91. The third kappa shape index (κ3) is 4.60. The molecule has 0 aliphatic carbocycles. The van der Waals surface area contributed by atoms with Crippen molar-refractivity contribution in [1.29, 1.82) is 0 Å². The van der Waals surface area contributed by atoms with Crippen LogP contribution in [-0.4, -0.2) is 32.6 Å². The largest absolute Gasteiger partial charge is 0.481 e. The summed E-state index contributed by atoms with van der Waals surface area (Å²) in [6, 6.07) is 15.1. The number of carbonyl (C=O) groups is 1. The number of hydrogen-bond donors (Lipinski definition) is 1. The van der Waals surface area contributed by atoms with E-state index in [-0.39, 0.29) is 13.0 Å². The van der Waals surface area contributed by atoms with Crippen LogP contribution in [-0.2, 0) is 4.79 Å². The Labute approximate surface area is 145 Å². The summed E-state index contributed by atoms with van der Waals surface area (Å²) in [4.78, 5) is 23.8. The van der Waals surface area contributed by atoms with Crippen molar-refractivity contribution in [3.05, 3.63) is 60.9 Å². The zero-order chi connectivity index (χ0) is 17.5. The molecule has 6 heteroatoms. The van der Waals surface area contributed by atoms with Gasteiger partial charge in [-0.2, -0.15) is 4.98 Å². The standard InChI is InChI=1S/C19H17N3O3/c23-18(24)9-5-11-25-17-12-16(15-8-4-10-20-13-15)21-19(22-17)14-6-2-1-3-7-14/h1-4,6-8,10,12-13H,5,9,11H2,(H,23,24). The van der Waals surface area contributed by atoms with Crippen LogP contribution in [0.5, 0.6) is 5.88 Å². The van der Waals surface area contributed by atoms with Gasteiger partial charge in [-0.3, -0.25) is 9.78 Å². The lowest BCUT2D eigenvalue weighted by Crippen LogP contribution is -2.04. The number of pyridine rings is 1. The molecule has 126 valence electrons. The Kier molecular flexibility index (Phi) is 5.31. The summed E-state index contributed by atoms with van der Waals surface area (Å²) < 4.78 is 5.65. The number of carboxylic acids is 1. The normalized spacial score (nSPS) is 10.4. The molecule has 25 heavy (non-hydrogen) atoms. The van der Waals surface area contributed by atoms with E-state index in [9.17, 15) is 4.79 Å². The number of ether oxygens (including phenoxy) is 1. The van der Waals surface area contributed by atoms with Crippen LogP contribution >= 0.6 is 0 Å². The average molecular weight is 335 g/mol. The maximum Gasteiger partial charge on any atom is 0.303 e. The van der Waals surface area contributed by atoms with Crippen molar-refractivity contribution in [2.24, 2.45) is 0 Å². The first-order valence-electron chi connectivity index (χ1n) is 7.92. The Balaban J connectivity index is 1.90. The van der Waals surface area contributed by atoms with Crippen LogP contribution in [0.15, 0.2) is 60.9 Å². The van der Waals surface area contributed by atoms with E-state index in [1.54, 1.807) is 18.5 Å². The topological polar surface area (TPSA) is 85.2 Å². The van der Waals surface area contributed by atoms with Crippen molar-refractivity contribution in [3.8, 4) is 28.5 Å². The Morgan fingerprint density at radius 3 is 2.56 bits per heavy atom. The zero-order valence-corrected chi connectivity index (χ0v) is 13.5. The summed E-state index contributed by atoms with van der Waals surface area (Å²) in [5.41, 5.74) is 2.44. The highest BCUT2D eigenvalue weighted by Crippen LogP contribution is 2.24. The zero-order valence-electron chi connectivity index (χ0n) is 13.5. The molecule has 3 aromatic rings. The lowest BCUT2D eigenvalue weighted by molar-refractivity contribution is -0.137. The van der Waals surface area contributed by atoms with Crippen LogP contribution < -0.4 is 4.74 Å². The summed E-state index contributed by atoms with van der Waals surface area (Å²) in [5.74, 6) is 0.126. The van der Waals surface area contributed by atoms with Crippen LogP contribution in [0, 0.1) is 0 Å². The van der Waals surface area contributed by atoms with Crippen molar-refractivity contribution in [2.75, 3.05) is 6.61 Å². The van der Waals surface area contributed by atoms with Gasteiger partial charge in [0.2, 0.25) is 5.88 Å².